The van der Waals surface area contributed by atoms with E-state index in [0.717, 1.165) is 52.1 Å². The van der Waals surface area contributed by atoms with Crippen molar-refractivity contribution in [3.63, 3.8) is 0 Å². The van der Waals surface area contributed by atoms with E-state index < -0.39 is 10.1 Å². The van der Waals surface area contributed by atoms with E-state index in [9.17, 15) is 8.42 Å². The quantitative estimate of drug-likeness (QED) is 0.111. The summed E-state index contributed by atoms with van der Waals surface area (Å²) < 4.78 is 25.5. The van der Waals surface area contributed by atoms with Crippen molar-refractivity contribution in [3.8, 4) is 0 Å². The van der Waals surface area contributed by atoms with Crippen LogP contribution in [0.5, 0.6) is 0 Å². The smallest absolute Gasteiger partial charge is 0.264 e. The zero-order valence-corrected chi connectivity index (χ0v) is 32.6. The number of β-amino-alcohol motifs (C(OH)–C–C–N with tert-alkyl or cyclic N) is 2. The van der Waals surface area contributed by atoms with Crippen molar-refractivity contribution < 1.29 is 33.0 Å². The van der Waals surface area contributed by atoms with Crippen LogP contribution in [0.2, 0.25) is 0 Å². The minimum atomic E-state index is -3.25. The fourth-order valence-electron chi connectivity index (χ4n) is 2.73. The fraction of sp³-hybridized carbons (Fsp3) is 1.00. The summed E-state index contributed by atoms with van der Waals surface area (Å²) in [4.78, 5) is 8.64. The number of rotatable bonds is 18. The van der Waals surface area contributed by atoms with Crippen molar-refractivity contribution in [1.29, 1.82) is 0 Å². The van der Waals surface area contributed by atoms with Gasteiger partial charge in [0.25, 0.3) is 10.1 Å². The third-order valence-electron chi connectivity index (χ3n) is 6.07. The molecule has 0 fully saturated rings. The van der Waals surface area contributed by atoms with Gasteiger partial charge in [-0.3, -0.25) is 9.08 Å². The van der Waals surface area contributed by atoms with Gasteiger partial charge in [0.15, 0.2) is 0 Å². The highest BCUT2D eigenvalue weighted by molar-refractivity contribution is 7.85. The van der Waals surface area contributed by atoms with Gasteiger partial charge in [0.1, 0.15) is 0 Å². The van der Waals surface area contributed by atoms with E-state index in [0.29, 0.717) is 19.6 Å². The Morgan fingerprint density at radius 1 is 0.644 bits per heavy atom. The molecule has 0 atom stereocenters. The Bertz CT molecular complexity index is 676. The minimum Gasteiger partial charge on any atom is -0.395 e. The maximum Gasteiger partial charge on any atom is 0.264 e. The molecule has 0 spiro atoms. The summed E-state index contributed by atoms with van der Waals surface area (Å²) in [6, 6.07) is 0. The standard InChI is InChI=1S/C11H26N2O.C6H15NO3S.C6H15NO.C5H13NO.C3H9NO/c1-6-12(5)7-8-13(9-10-14)11(2,3)4;1-4-7(2)5-6-10-11(3,8)9;1-6(2,3)7-4-5-8;1-3-6(2)4-5-7;1-4-2-3-5/h14H,6-10H2,1-5H3;4-6H2,1-3H3;7-8H,4-5H2,1-3H3;7H,3-5H2,1-2H3;4-5H,2-3H2,1H3. The molecule has 0 radical (unpaired) electrons. The first-order valence-corrected chi connectivity index (χ1v) is 18.0. The first-order chi connectivity index (χ1) is 20.7. The van der Waals surface area contributed by atoms with Crippen molar-refractivity contribution in [2.45, 2.75) is 73.4 Å². The topological polar surface area (TPSA) is 161 Å². The molecule has 6 N–H and O–H groups in total. The lowest BCUT2D eigenvalue weighted by molar-refractivity contribution is 0.0956. The summed E-state index contributed by atoms with van der Waals surface area (Å²) in [5, 5.41) is 39.6. The van der Waals surface area contributed by atoms with Crippen molar-refractivity contribution in [1.82, 2.24) is 30.2 Å². The van der Waals surface area contributed by atoms with E-state index in [1.165, 1.54) is 0 Å². The molecule has 0 rings (SSSR count). The number of hydrogen-bond donors (Lipinski definition) is 6. The highest BCUT2D eigenvalue weighted by Gasteiger charge is 2.20. The number of aliphatic hydroxyl groups excluding tert-OH is 4. The number of hydrogen-bond acceptors (Lipinski definition) is 13. The third kappa shape index (κ3) is 56.2. The lowest BCUT2D eigenvalue weighted by Crippen LogP contribution is -2.46. The first kappa shape index (κ1) is 54.0. The predicted octanol–water partition coefficient (Wildman–Crippen LogP) is 0.441. The van der Waals surface area contributed by atoms with E-state index in [2.05, 4.69) is 92.0 Å². The van der Waals surface area contributed by atoms with Crippen molar-refractivity contribution >= 4 is 10.1 Å². The van der Waals surface area contributed by atoms with Crippen LogP contribution in [0.1, 0.15) is 62.3 Å². The van der Waals surface area contributed by atoms with Crippen LogP contribution in [-0.4, -0.2) is 192 Å². The molecule has 13 nitrogen and oxygen atoms in total. The van der Waals surface area contributed by atoms with Crippen LogP contribution in [0, 0.1) is 0 Å². The number of nitrogens with zero attached hydrogens (tertiary/aromatic N) is 4. The number of nitrogens with one attached hydrogen (secondary N) is 2. The van der Waals surface area contributed by atoms with Gasteiger partial charge in [-0.2, -0.15) is 8.42 Å². The van der Waals surface area contributed by atoms with Crippen LogP contribution in [0.25, 0.3) is 0 Å². The van der Waals surface area contributed by atoms with E-state index in [4.69, 9.17) is 20.4 Å². The van der Waals surface area contributed by atoms with Gasteiger partial charge >= 0.3 is 0 Å². The van der Waals surface area contributed by atoms with Gasteiger partial charge in [-0.15, -0.1) is 0 Å². The molecule has 0 aliphatic heterocycles. The average molecular weight is 679 g/mol. The van der Waals surface area contributed by atoms with Gasteiger partial charge in [-0.05, 0) is 89.4 Å². The Morgan fingerprint density at radius 3 is 1.31 bits per heavy atom. The Balaban J connectivity index is -0.000000155. The molecule has 0 heterocycles. The molecule has 14 heteroatoms. The minimum absolute atomic E-state index is 0.142. The molecule has 0 amide bonds. The maximum atomic E-state index is 10.5. The molecular weight excluding hydrogens is 600 g/mol. The van der Waals surface area contributed by atoms with E-state index in [-0.39, 0.29) is 44.1 Å². The second-order valence-corrected chi connectivity index (χ2v) is 14.2. The Kier molecular flexibility index (Phi) is 41.8. The molecule has 45 heavy (non-hydrogen) atoms. The zero-order valence-electron chi connectivity index (χ0n) is 31.8. The lowest BCUT2D eigenvalue weighted by atomic mass is 10.1. The van der Waals surface area contributed by atoms with E-state index >= 15 is 0 Å². The molecule has 0 aromatic rings. The molecule has 0 aliphatic rings. The predicted molar refractivity (Wildman–Crippen MR) is 192 cm³/mol. The zero-order chi connectivity index (χ0) is 36.5. The fourth-order valence-corrected chi connectivity index (χ4v) is 3.10. The summed E-state index contributed by atoms with van der Waals surface area (Å²) in [6.45, 7) is 28.9. The van der Waals surface area contributed by atoms with Crippen LogP contribution in [0.3, 0.4) is 0 Å². The highest BCUT2D eigenvalue weighted by Crippen LogP contribution is 2.11. The van der Waals surface area contributed by atoms with Crippen LogP contribution < -0.4 is 10.6 Å². The van der Waals surface area contributed by atoms with E-state index in [1.807, 2.05) is 25.9 Å². The summed E-state index contributed by atoms with van der Waals surface area (Å²) in [5.74, 6) is 0. The second kappa shape index (κ2) is 34.8. The van der Waals surface area contributed by atoms with Gasteiger partial charge in [0.05, 0.1) is 39.3 Å². The monoisotopic (exact) mass is 679 g/mol. The number of likely N-dealkylation sites (N-methyl/N-ethyl adjacent to an activating group) is 4. The van der Waals surface area contributed by atoms with Gasteiger partial charge in [-0.1, -0.05) is 20.8 Å². The molecular formula is C31H78N6O7S. The van der Waals surface area contributed by atoms with Gasteiger partial charge in [-0.25, -0.2) is 0 Å². The molecule has 0 aromatic heterocycles. The van der Waals surface area contributed by atoms with Crippen LogP contribution >= 0.6 is 0 Å². The van der Waals surface area contributed by atoms with Crippen LogP contribution in [-0.2, 0) is 14.3 Å². The Hall–Kier alpha value is -0.490. The molecule has 0 aromatic carbocycles. The molecule has 0 saturated heterocycles. The number of aliphatic hydroxyl groups is 4. The van der Waals surface area contributed by atoms with Gasteiger partial charge in [0, 0.05) is 56.9 Å². The normalized spacial score (nSPS) is 11.7. The van der Waals surface area contributed by atoms with Crippen molar-refractivity contribution in [2.24, 2.45) is 0 Å². The molecule has 0 bridgehead atoms. The average Bonchev–Trinajstić information content (AvgIpc) is 2.94. The Morgan fingerprint density at radius 2 is 1.07 bits per heavy atom. The molecule has 280 valence electrons. The van der Waals surface area contributed by atoms with Crippen LogP contribution in [0.4, 0.5) is 0 Å². The molecule has 0 unspecified atom stereocenters. The largest absolute Gasteiger partial charge is 0.395 e. The summed E-state index contributed by atoms with van der Waals surface area (Å²) >= 11 is 0. The lowest BCUT2D eigenvalue weighted by Gasteiger charge is -2.36. The van der Waals surface area contributed by atoms with Gasteiger partial charge in [0.2, 0.25) is 0 Å². The van der Waals surface area contributed by atoms with Gasteiger partial charge < -0.3 is 45.8 Å². The molecule has 0 saturated carbocycles. The SMILES string of the molecule is CC(C)(C)NCCO.CCN(C)CCN(CCO)C(C)(C)C.CCN(C)CCO.CCN(C)CCOS(C)(=O)=O.CNCCO. The Labute approximate surface area is 279 Å². The summed E-state index contributed by atoms with van der Waals surface area (Å²) in [6.07, 6.45) is 1.05. The van der Waals surface area contributed by atoms with Crippen LogP contribution in [0.15, 0.2) is 0 Å². The van der Waals surface area contributed by atoms with Crippen molar-refractivity contribution in [2.75, 3.05) is 133 Å². The third-order valence-corrected chi connectivity index (χ3v) is 6.67. The summed E-state index contributed by atoms with van der Waals surface area (Å²) in [7, 11) is 4.56. The second-order valence-electron chi connectivity index (χ2n) is 12.5. The maximum absolute atomic E-state index is 10.5. The highest BCUT2D eigenvalue weighted by atomic mass is 32.2. The van der Waals surface area contributed by atoms with E-state index in [1.54, 1.807) is 7.05 Å². The first-order valence-electron chi connectivity index (χ1n) is 16.1. The molecule has 0 aliphatic carbocycles. The summed E-state index contributed by atoms with van der Waals surface area (Å²) in [5.41, 5.74) is 0.292. The van der Waals surface area contributed by atoms with Crippen molar-refractivity contribution in [3.05, 3.63) is 0 Å².